The minimum Gasteiger partial charge on any atom is -0.310 e. The van der Waals surface area contributed by atoms with E-state index in [-0.39, 0.29) is 5.82 Å². The maximum Gasteiger partial charge on any atom is 0.182 e. The van der Waals surface area contributed by atoms with Crippen molar-refractivity contribution in [2.45, 2.75) is 19.9 Å². The van der Waals surface area contributed by atoms with Gasteiger partial charge in [0.05, 0.1) is 0 Å². The van der Waals surface area contributed by atoms with Crippen LogP contribution in [0.5, 0.6) is 0 Å². The molecule has 2 aromatic carbocycles. The van der Waals surface area contributed by atoms with E-state index in [4.69, 9.17) is 0 Å². The Hall–Kier alpha value is -3.34. The first kappa shape index (κ1) is 17.1. The predicted molar refractivity (Wildman–Crippen MR) is 104 cm³/mol. The van der Waals surface area contributed by atoms with Crippen molar-refractivity contribution in [3.05, 3.63) is 90.1 Å². The van der Waals surface area contributed by atoms with Gasteiger partial charge in [0.25, 0.3) is 0 Å². The summed E-state index contributed by atoms with van der Waals surface area (Å²) < 4.78 is 15.6. The van der Waals surface area contributed by atoms with Crippen LogP contribution in [0.25, 0.3) is 22.6 Å². The van der Waals surface area contributed by atoms with Crippen molar-refractivity contribution in [2.24, 2.45) is 0 Å². The van der Waals surface area contributed by atoms with Crippen LogP contribution in [-0.2, 0) is 13.0 Å². The van der Waals surface area contributed by atoms with E-state index in [1.165, 1.54) is 17.7 Å². The average molecular weight is 358 g/mol. The summed E-state index contributed by atoms with van der Waals surface area (Å²) >= 11 is 0. The zero-order valence-corrected chi connectivity index (χ0v) is 15.0. The number of aryl methyl sites for hydroxylation is 2. The van der Waals surface area contributed by atoms with Gasteiger partial charge in [-0.15, -0.1) is 10.2 Å². The van der Waals surface area contributed by atoms with E-state index in [2.05, 4.69) is 31.9 Å². The van der Waals surface area contributed by atoms with Crippen molar-refractivity contribution in [2.75, 3.05) is 0 Å². The number of aromatic nitrogens is 4. The average Bonchev–Trinajstić information content (AvgIpc) is 3.08. The summed E-state index contributed by atoms with van der Waals surface area (Å²) in [5.41, 5.74) is 3.70. The summed E-state index contributed by atoms with van der Waals surface area (Å²) in [6.07, 6.45) is 2.61. The summed E-state index contributed by atoms with van der Waals surface area (Å²) in [5, 5.41) is 8.56. The third-order valence-electron chi connectivity index (χ3n) is 4.55. The van der Waals surface area contributed by atoms with Crippen LogP contribution in [0.1, 0.15) is 11.4 Å². The minimum absolute atomic E-state index is 0.257. The van der Waals surface area contributed by atoms with Crippen molar-refractivity contribution in [3.63, 3.8) is 0 Å². The van der Waals surface area contributed by atoms with Gasteiger partial charge >= 0.3 is 0 Å². The smallest absolute Gasteiger partial charge is 0.182 e. The fourth-order valence-corrected chi connectivity index (χ4v) is 3.12. The van der Waals surface area contributed by atoms with Gasteiger partial charge in [0.2, 0.25) is 0 Å². The van der Waals surface area contributed by atoms with Gasteiger partial charge in [0, 0.05) is 12.7 Å². The van der Waals surface area contributed by atoms with Crippen molar-refractivity contribution in [3.8, 4) is 22.6 Å². The molecule has 0 amide bonds. The Balaban J connectivity index is 1.65. The number of hydrogen-bond donors (Lipinski definition) is 0. The molecule has 4 aromatic rings. The first-order valence-corrected chi connectivity index (χ1v) is 8.87. The number of pyridine rings is 1. The lowest BCUT2D eigenvalue weighted by Crippen LogP contribution is -2.06. The highest BCUT2D eigenvalue weighted by Gasteiger charge is 2.13. The minimum atomic E-state index is -0.257. The van der Waals surface area contributed by atoms with Crippen LogP contribution in [0.2, 0.25) is 0 Å². The summed E-state index contributed by atoms with van der Waals surface area (Å²) in [4.78, 5) is 4.47. The quantitative estimate of drug-likeness (QED) is 0.519. The van der Waals surface area contributed by atoms with Crippen LogP contribution in [0.3, 0.4) is 0 Å². The molecular weight excluding hydrogens is 339 g/mol. The van der Waals surface area contributed by atoms with Gasteiger partial charge < -0.3 is 4.57 Å². The monoisotopic (exact) mass is 358 g/mol. The van der Waals surface area contributed by atoms with Crippen LogP contribution >= 0.6 is 0 Å². The van der Waals surface area contributed by atoms with Gasteiger partial charge in [0.1, 0.15) is 17.3 Å². The second-order valence-electron chi connectivity index (χ2n) is 6.40. The van der Waals surface area contributed by atoms with Gasteiger partial charge in [-0.3, -0.25) is 4.98 Å². The van der Waals surface area contributed by atoms with Gasteiger partial charge in [-0.2, -0.15) is 0 Å². The molecule has 0 unspecified atom stereocenters. The number of halogens is 1. The number of rotatable bonds is 5. The Morgan fingerprint density at radius 1 is 0.889 bits per heavy atom. The number of benzene rings is 2. The molecule has 0 aliphatic rings. The molecule has 4 rings (SSSR count). The molecule has 27 heavy (non-hydrogen) atoms. The van der Waals surface area contributed by atoms with Crippen molar-refractivity contribution in [1.29, 1.82) is 0 Å². The van der Waals surface area contributed by atoms with E-state index in [1.54, 1.807) is 12.3 Å². The van der Waals surface area contributed by atoms with Gasteiger partial charge in [-0.1, -0.05) is 42.5 Å². The molecule has 2 aromatic heterocycles. The highest BCUT2D eigenvalue weighted by Crippen LogP contribution is 2.24. The molecule has 0 bridgehead atoms. The zero-order valence-electron chi connectivity index (χ0n) is 15.0. The third kappa shape index (κ3) is 3.77. The van der Waals surface area contributed by atoms with E-state index in [9.17, 15) is 4.39 Å². The maximum absolute atomic E-state index is 13.6. The van der Waals surface area contributed by atoms with Crippen molar-refractivity contribution < 1.29 is 4.39 Å². The van der Waals surface area contributed by atoms with Crippen LogP contribution in [0.4, 0.5) is 4.39 Å². The summed E-state index contributed by atoms with van der Waals surface area (Å²) in [7, 11) is 0. The molecule has 4 nitrogen and oxygen atoms in total. The fourth-order valence-electron chi connectivity index (χ4n) is 3.12. The fraction of sp³-hybridized carbons (Fsp3) is 0.136. The van der Waals surface area contributed by atoms with Gasteiger partial charge in [-0.05, 0) is 54.3 Å². The topological polar surface area (TPSA) is 43.6 Å². The molecule has 2 heterocycles. The second kappa shape index (κ2) is 7.50. The van der Waals surface area contributed by atoms with E-state index in [0.717, 1.165) is 41.4 Å². The van der Waals surface area contributed by atoms with E-state index >= 15 is 0 Å². The number of hydrogen-bond acceptors (Lipinski definition) is 3. The van der Waals surface area contributed by atoms with Gasteiger partial charge in [-0.25, -0.2) is 4.39 Å². The van der Waals surface area contributed by atoms with Gasteiger partial charge in [0.15, 0.2) is 5.82 Å². The summed E-state index contributed by atoms with van der Waals surface area (Å²) in [6.45, 7) is 2.71. The van der Waals surface area contributed by atoms with E-state index in [0.29, 0.717) is 0 Å². The van der Waals surface area contributed by atoms with E-state index < -0.39 is 0 Å². The lowest BCUT2D eigenvalue weighted by molar-refractivity contribution is 0.628. The molecule has 5 heteroatoms. The Bertz CT molecular complexity index is 1060. The Morgan fingerprint density at radius 2 is 1.70 bits per heavy atom. The molecule has 0 atom stereocenters. The largest absolute Gasteiger partial charge is 0.310 e. The molecule has 0 fully saturated rings. The van der Waals surface area contributed by atoms with Crippen LogP contribution in [-0.4, -0.2) is 19.7 Å². The molecule has 0 N–H and O–H groups in total. The first-order chi connectivity index (χ1) is 13.2. The second-order valence-corrected chi connectivity index (χ2v) is 6.40. The van der Waals surface area contributed by atoms with Crippen molar-refractivity contribution >= 4 is 0 Å². The molecule has 0 saturated carbocycles. The van der Waals surface area contributed by atoms with Crippen molar-refractivity contribution in [1.82, 2.24) is 19.7 Å². The lowest BCUT2D eigenvalue weighted by Gasteiger charge is -2.09. The summed E-state index contributed by atoms with van der Waals surface area (Å²) in [5.74, 6) is 1.31. The molecule has 0 aliphatic carbocycles. The van der Waals surface area contributed by atoms with E-state index in [1.807, 2.05) is 43.3 Å². The van der Waals surface area contributed by atoms with Crippen LogP contribution in [0.15, 0.2) is 72.9 Å². The third-order valence-corrected chi connectivity index (χ3v) is 4.55. The highest BCUT2D eigenvalue weighted by molar-refractivity contribution is 5.68. The molecule has 134 valence electrons. The van der Waals surface area contributed by atoms with Crippen LogP contribution < -0.4 is 0 Å². The Labute approximate surface area is 157 Å². The van der Waals surface area contributed by atoms with Crippen LogP contribution in [0, 0.1) is 12.7 Å². The lowest BCUT2D eigenvalue weighted by atomic mass is 10.1. The zero-order chi connectivity index (χ0) is 18.6. The normalized spacial score (nSPS) is 10.9. The molecule has 0 spiro atoms. The molecule has 0 saturated heterocycles. The predicted octanol–water partition coefficient (Wildman–Crippen LogP) is 4.70. The Kier molecular flexibility index (Phi) is 4.75. The Morgan fingerprint density at radius 3 is 2.52 bits per heavy atom. The molecule has 0 aliphatic heterocycles. The highest BCUT2D eigenvalue weighted by atomic mass is 19.1. The molecule has 0 radical (unpaired) electrons. The maximum atomic E-state index is 13.6. The number of nitrogens with zero attached hydrogens (tertiary/aromatic N) is 4. The molecular formula is C22H19FN4. The first-order valence-electron chi connectivity index (χ1n) is 8.87. The SMILES string of the molecule is Cc1nnc(-c2cc(-c3cccc(F)c3)ccn2)n1CCc1ccccc1. The summed E-state index contributed by atoms with van der Waals surface area (Å²) in [6, 6.07) is 20.7. The standard InChI is InChI=1S/C22H19FN4/c1-16-25-26-22(27(16)13-11-17-6-3-2-4-7-17)21-15-19(10-12-24-21)18-8-5-9-20(23)14-18/h2-10,12,14-15H,11,13H2,1H3.